The van der Waals surface area contributed by atoms with Crippen molar-refractivity contribution in [1.82, 2.24) is 0 Å². The molecule has 0 spiro atoms. The first-order valence-corrected chi connectivity index (χ1v) is 9.83. The smallest absolute Gasteiger partial charge is 0.00681 e. The zero-order chi connectivity index (χ0) is 15.8. The summed E-state index contributed by atoms with van der Waals surface area (Å²) >= 11 is 0. The Morgan fingerprint density at radius 2 is 1.36 bits per heavy atom. The minimum atomic E-state index is -1.56. The van der Waals surface area contributed by atoms with Crippen LogP contribution in [0, 0.1) is 0 Å². The van der Waals surface area contributed by atoms with Crippen molar-refractivity contribution in [3.63, 3.8) is 0 Å². The van der Waals surface area contributed by atoms with Gasteiger partial charge in [-0.3, -0.25) is 0 Å². The first-order chi connectivity index (χ1) is 10.7. The number of hydrogen-bond acceptors (Lipinski definition) is 0. The molecule has 2 rings (SSSR count). The molecule has 0 saturated heterocycles. The van der Waals surface area contributed by atoms with Crippen LogP contribution in [0.25, 0.3) is 0 Å². The van der Waals surface area contributed by atoms with Crippen LogP contribution >= 0.6 is 6.89 Å². The maximum atomic E-state index is 2.44. The van der Waals surface area contributed by atoms with Crippen LogP contribution in [0.15, 0.2) is 84.5 Å². The minimum Gasteiger partial charge on any atom is -0.0876 e. The van der Waals surface area contributed by atoms with Crippen molar-refractivity contribution in [1.29, 1.82) is 0 Å². The summed E-state index contributed by atoms with van der Waals surface area (Å²) in [6, 6.07) is 21.9. The minimum absolute atomic E-state index is 1.08. The average molecular weight is 308 g/mol. The Balaban J connectivity index is 2.72. The summed E-state index contributed by atoms with van der Waals surface area (Å²) in [6.45, 7) is 4.89. The van der Waals surface area contributed by atoms with Crippen LogP contribution < -0.4 is 10.6 Å². The summed E-state index contributed by atoms with van der Waals surface area (Å²) in [5.74, 6) is 2.44. The second kappa shape index (κ2) is 8.01. The fourth-order valence-electron chi connectivity index (χ4n) is 2.54. The van der Waals surface area contributed by atoms with Gasteiger partial charge in [0.15, 0.2) is 0 Å². The van der Waals surface area contributed by atoms with Gasteiger partial charge in [0.2, 0.25) is 0 Å². The molecular formula is C21H25P. The van der Waals surface area contributed by atoms with Crippen molar-refractivity contribution >= 4 is 23.3 Å². The maximum absolute atomic E-state index is 2.44. The summed E-state index contributed by atoms with van der Waals surface area (Å²) in [5, 5.41) is 2.88. The van der Waals surface area contributed by atoms with Crippen LogP contribution in [0.3, 0.4) is 0 Å². The third kappa shape index (κ3) is 3.90. The van der Waals surface area contributed by atoms with Gasteiger partial charge in [0, 0.05) is 0 Å². The van der Waals surface area contributed by atoms with Gasteiger partial charge >= 0.3 is 0 Å². The van der Waals surface area contributed by atoms with Crippen molar-refractivity contribution in [2.75, 3.05) is 6.16 Å². The Bertz CT molecular complexity index is 644. The summed E-state index contributed by atoms with van der Waals surface area (Å²) in [4.78, 5) is 0. The summed E-state index contributed by atoms with van der Waals surface area (Å²) in [7, 11) is 0. The van der Waals surface area contributed by atoms with Crippen molar-refractivity contribution in [2.45, 2.75) is 20.8 Å². The first-order valence-electron chi connectivity index (χ1n) is 7.78. The Hall–Kier alpha value is -1.78. The number of benzene rings is 2. The van der Waals surface area contributed by atoms with Gasteiger partial charge in [0.05, 0.1) is 0 Å². The molecule has 0 unspecified atom stereocenters. The molecule has 0 radical (unpaired) electrons. The van der Waals surface area contributed by atoms with E-state index < -0.39 is 6.89 Å². The molecule has 0 nitrogen and oxygen atoms in total. The molecular weight excluding hydrogens is 283 g/mol. The molecule has 0 atom stereocenters. The topological polar surface area (TPSA) is 0 Å². The van der Waals surface area contributed by atoms with E-state index in [-0.39, 0.29) is 0 Å². The summed E-state index contributed by atoms with van der Waals surface area (Å²) < 4.78 is 0. The molecule has 0 aliphatic rings. The van der Waals surface area contributed by atoms with Crippen LogP contribution in [-0.2, 0) is 0 Å². The second-order valence-electron chi connectivity index (χ2n) is 5.68. The molecule has 0 bridgehead atoms. The quantitative estimate of drug-likeness (QED) is 0.538. The number of hydrogen-bond donors (Lipinski definition) is 0. The Labute approximate surface area is 135 Å². The molecule has 1 heteroatoms. The van der Waals surface area contributed by atoms with Gasteiger partial charge < -0.3 is 0 Å². The normalized spacial score (nSPS) is 11.4. The molecule has 0 heterocycles. The van der Waals surface area contributed by atoms with E-state index >= 15 is 0 Å². The third-order valence-corrected chi connectivity index (χ3v) is 7.63. The van der Waals surface area contributed by atoms with E-state index in [2.05, 4.69) is 105 Å². The molecule has 0 N–H and O–H groups in total. The molecule has 0 saturated carbocycles. The lowest BCUT2D eigenvalue weighted by Gasteiger charge is -2.26. The largest absolute Gasteiger partial charge is 0.0876 e. The second-order valence-corrected chi connectivity index (χ2v) is 9.11. The molecule has 114 valence electrons. The van der Waals surface area contributed by atoms with E-state index in [0.29, 0.717) is 0 Å². The van der Waals surface area contributed by atoms with Crippen LogP contribution in [0.2, 0.25) is 0 Å². The zero-order valence-electron chi connectivity index (χ0n) is 13.7. The van der Waals surface area contributed by atoms with Crippen molar-refractivity contribution in [3.8, 4) is 0 Å². The van der Waals surface area contributed by atoms with Gasteiger partial charge in [-0.15, -0.1) is 0 Å². The highest BCUT2D eigenvalue weighted by Gasteiger charge is 2.20. The Morgan fingerprint density at radius 3 is 1.77 bits per heavy atom. The van der Waals surface area contributed by atoms with Crippen molar-refractivity contribution < 1.29 is 0 Å². The van der Waals surface area contributed by atoms with Crippen LogP contribution in [0.1, 0.15) is 20.8 Å². The summed E-state index contributed by atoms with van der Waals surface area (Å²) in [6.07, 6.45) is 7.80. The first kappa shape index (κ1) is 16.6. The molecule has 0 fully saturated rings. The van der Waals surface area contributed by atoms with Crippen LogP contribution in [-0.4, -0.2) is 12.0 Å². The van der Waals surface area contributed by atoms with Gasteiger partial charge in [0.25, 0.3) is 0 Å². The fraction of sp³-hybridized carbons (Fsp3) is 0.190. The molecule has 0 amide bonds. The molecule has 2 aromatic rings. The lowest BCUT2D eigenvalue weighted by molar-refractivity contribution is 1.37. The predicted octanol–water partition coefficient (Wildman–Crippen LogP) is 5.00. The monoisotopic (exact) mass is 308 g/mol. The number of allylic oxidation sites excluding steroid dienone is 4. The van der Waals surface area contributed by atoms with Crippen LogP contribution in [0.5, 0.6) is 0 Å². The van der Waals surface area contributed by atoms with Gasteiger partial charge in [-0.25, -0.2) is 0 Å². The predicted molar refractivity (Wildman–Crippen MR) is 104 cm³/mol. The highest BCUT2D eigenvalue weighted by Crippen LogP contribution is 2.44. The molecule has 0 aromatic heterocycles. The third-order valence-electron chi connectivity index (χ3n) is 3.75. The molecule has 0 aliphatic carbocycles. The Kier molecular flexibility index (Phi) is 6.04. The molecule has 22 heavy (non-hydrogen) atoms. The van der Waals surface area contributed by atoms with E-state index in [0.717, 1.165) is 6.16 Å². The lowest BCUT2D eigenvalue weighted by atomic mass is 10.3. The van der Waals surface area contributed by atoms with Gasteiger partial charge in [0.1, 0.15) is 0 Å². The van der Waals surface area contributed by atoms with E-state index in [1.165, 1.54) is 16.2 Å². The maximum Gasteiger partial charge on any atom is -0.00681 e. The number of rotatable bonds is 5. The highest BCUT2D eigenvalue weighted by atomic mass is 31.2. The van der Waals surface area contributed by atoms with Crippen LogP contribution in [0.4, 0.5) is 0 Å². The average Bonchev–Trinajstić information content (AvgIpc) is 2.57. The molecule has 2 aromatic carbocycles. The zero-order valence-corrected chi connectivity index (χ0v) is 14.6. The van der Waals surface area contributed by atoms with Crippen molar-refractivity contribution in [2.24, 2.45) is 0 Å². The van der Waals surface area contributed by atoms with E-state index in [9.17, 15) is 0 Å². The standard InChI is InChI=1S/C21H25P/c1-4-5-17-22(18-16-19(2)3,20-12-8-6-9-13-20)21-14-10-7-11-15-21/h4-17H,18H2,1-3H3/b5-4-. The summed E-state index contributed by atoms with van der Waals surface area (Å²) in [5.41, 5.74) is 1.38. The van der Waals surface area contributed by atoms with Gasteiger partial charge in [-0.1, -0.05) is 90.3 Å². The lowest BCUT2D eigenvalue weighted by Crippen LogP contribution is -2.19. The Morgan fingerprint density at radius 1 is 0.864 bits per heavy atom. The van der Waals surface area contributed by atoms with Crippen molar-refractivity contribution in [3.05, 3.63) is 84.5 Å². The molecule has 0 aliphatic heterocycles. The SMILES string of the molecule is C/C=C\C=P(CC=C(C)C)(c1ccccc1)c1ccccc1. The van der Waals surface area contributed by atoms with Gasteiger partial charge in [-0.05, 0) is 44.4 Å². The van der Waals surface area contributed by atoms with E-state index in [1.807, 2.05) is 0 Å². The van der Waals surface area contributed by atoms with Gasteiger partial charge in [-0.2, -0.15) is 0 Å². The fourth-order valence-corrected chi connectivity index (χ4v) is 6.25. The highest BCUT2D eigenvalue weighted by molar-refractivity contribution is 7.88. The van der Waals surface area contributed by atoms with E-state index in [4.69, 9.17) is 0 Å². The van der Waals surface area contributed by atoms with E-state index in [1.54, 1.807) is 0 Å².